The number of halogens is 4. The molecule has 0 unspecified atom stereocenters. The first kappa shape index (κ1) is 12.0. The minimum absolute atomic E-state index is 0. The van der Waals surface area contributed by atoms with Crippen molar-refractivity contribution in [2.75, 3.05) is 6.61 Å². The predicted molar refractivity (Wildman–Crippen MR) is 40.3 cm³/mol. The summed E-state index contributed by atoms with van der Waals surface area (Å²) in [5.41, 5.74) is 0. The summed E-state index contributed by atoms with van der Waals surface area (Å²) in [6.45, 7) is -0.216. The van der Waals surface area contributed by atoms with Crippen LogP contribution in [0, 0.1) is 0 Å². The van der Waals surface area contributed by atoms with Gasteiger partial charge >= 0.3 is 6.18 Å². The summed E-state index contributed by atoms with van der Waals surface area (Å²) in [7, 11) is 0. The third-order valence-corrected chi connectivity index (χ3v) is 1.86. The Balaban J connectivity index is 0.00000121. The van der Waals surface area contributed by atoms with Crippen molar-refractivity contribution in [3.8, 4) is 0 Å². The van der Waals surface area contributed by atoms with E-state index in [0.29, 0.717) is 6.42 Å². The predicted octanol–water partition coefficient (Wildman–Crippen LogP) is 1.08. The molecule has 0 radical (unpaired) electrons. The molecule has 0 amide bonds. The van der Waals surface area contributed by atoms with Crippen molar-refractivity contribution < 1.29 is 18.3 Å². The summed E-state index contributed by atoms with van der Waals surface area (Å²) in [6.07, 6.45) is -3.68. The highest BCUT2D eigenvalue weighted by atomic mass is 35.5. The summed E-state index contributed by atoms with van der Waals surface area (Å²) < 4.78 is 35.8. The van der Waals surface area contributed by atoms with Crippen LogP contribution in [0.3, 0.4) is 0 Å². The zero-order valence-corrected chi connectivity index (χ0v) is 7.08. The van der Waals surface area contributed by atoms with Gasteiger partial charge in [0.05, 0.1) is 6.61 Å². The monoisotopic (exact) mass is 205 g/mol. The van der Waals surface area contributed by atoms with Crippen molar-refractivity contribution in [2.45, 2.75) is 31.1 Å². The smallest absolute Gasteiger partial charge is 0.395 e. The second kappa shape index (κ2) is 4.30. The van der Waals surface area contributed by atoms with Gasteiger partial charge in [-0.05, 0) is 12.8 Å². The molecule has 0 aromatic carbocycles. The van der Waals surface area contributed by atoms with Crippen LogP contribution in [0.25, 0.3) is 0 Å². The first-order valence-electron chi connectivity index (χ1n) is 3.47. The molecule has 12 heavy (non-hydrogen) atoms. The summed E-state index contributed by atoms with van der Waals surface area (Å²) in [5, 5.41) is 10.8. The standard InChI is InChI=1S/C6H10F3NO.ClH/c7-6(8,9)5-2-1-4(3-11)10-5;/h4-5,10-11H,1-3H2;1H/t4-,5+;/m0./s1. The van der Waals surface area contributed by atoms with Gasteiger partial charge in [-0.3, -0.25) is 0 Å². The fourth-order valence-electron chi connectivity index (χ4n) is 1.22. The van der Waals surface area contributed by atoms with Gasteiger partial charge in [0.15, 0.2) is 0 Å². The molecule has 1 heterocycles. The van der Waals surface area contributed by atoms with Crippen molar-refractivity contribution >= 4 is 12.4 Å². The summed E-state index contributed by atoms with van der Waals surface area (Å²) in [5.74, 6) is 0. The lowest BCUT2D eigenvalue weighted by atomic mass is 10.2. The molecule has 1 rings (SSSR count). The highest BCUT2D eigenvalue weighted by molar-refractivity contribution is 5.85. The lowest BCUT2D eigenvalue weighted by Gasteiger charge is -2.15. The Hall–Kier alpha value is -0.0000000000000000486. The maximum atomic E-state index is 11.9. The molecule has 0 aliphatic carbocycles. The molecular weight excluding hydrogens is 195 g/mol. The van der Waals surface area contributed by atoms with Crippen LogP contribution >= 0.6 is 12.4 Å². The minimum atomic E-state index is -4.16. The van der Waals surface area contributed by atoms with Gasteiger partial charge in [-0.2, -0.15) is 13.2 Å². The first-order chi connectivity index (χ1) is 5.04. The van der Waals surface area contributed by atoms with Crippen LogP contribution in [0.5, 0.6) is 0 Å². The van der Waals surface area contributed by atoms with Gasteiger partial charge < -0.3 is 10.4 Å². The average Bonchev–Trinajstić information content (AvgIpc) is 2.32. The molecule has 0 bridgehead atoms. The van der Waals surface area contributed by atoms with Gasteiger partial charge in [0.2, 0.25) is 0 Å². The van der Waals surface area contributed by atoms with Gasteiger partial charge in [-0.25, -0.2) is 0 Å². The minimum Gasteiger partial charge on any atom is -0.395 e. The molecule has 0 spiro atoms. The Labute approximate surface area is 74.6 Å². The molecule has 2 nitrogen and oxygen atoms in total. The van der Waals surface area contributed by atoms with E-state index in [9.17, 15) is 13.2 Å². The zero-order chi connectivity index (χ0) is 8.48. The Kier molecular flexibility index (Phi) is 4.30. The largest absolute Gasteiger partial charge is 0.403 e. The molecule has 74 valence electrons. The van der Waals surface area contributed by atoms with E-state index in [-0.39, 0.29) is 31.5 Å². The van der Waals surface area contributed by atoms with Crippen molar-refractivity contribution in [2.24, 2.45) is 0 Å². The summed E-state index contributed by atoms with van der Waals surface area (Å²) >= 11 is 0. The van der Waals surface area contributed by atoms with Gasteiger partial charge in [0, 0.05) is 6.04 Å². The van der Waals surface area contributed by atoms with Gasteiger partial charge in [0.1, 0.15) is 6.04 Å². The average molecular weight is 206 g/mol. The maximum Gasteiger partial charge on any atom is 0.403 e. The zero-order valence-electron chi connectivity index (χ0n) is 6.27. The molecule has 2 atom stereocenters. The number of aliphatic hydroxyl groups is 1. The molecule has 0 aromatic rings. The van der Waals surface area contributed by atoms with E-state index in [2.05, 4.69) is 5.32 Å². The van der Waals surface area contributed by atoms with Gasteiger partial charge in [-0.15, -0.1) is 12.4 Å². The van der Waals surface area contributed by atoms with Crippen molar-refractivity contribution in [3.05, 3.63) is 0 Å². The molecule has 1 aliphatic rings. The van der Waals surface area contributed by atoms with E-state index in [1.807, 2.05) is 0 Å². The highest BCUT2D eigenvalue weighted by Crippen LogP contribution is 2.28. The number of hydrogen-bond donors (Lipinski definition) is 2. The molecule has 0 saturated carbocycles. The second-order valence-electron chi connectivity index (χ2n) is 2.72. The highest BCUT2D eigenvalue weighted by Gasteiger charge is 2.43. The van der Waals surface area contributed by atoms with Crippen LogP contribution in [-0.4, -0.2) is 30.0 Å². The second-order valence-corrected chi connectivity index (χ2v) is 2.72. The third-order valence-electron chi connectivity index (χ3n) is 1.86. The Morgan fingerprint density at radius 2 is 1.92 bits per heavy atom. The van der Waals surface area contributed by atoms with E-state index in [1.165, 1.54) is 0 Å². The lowest BCUT2D eigenvalue weighted by Crippen LogP contribution is -2.41. The van der Waals surface area contributed by atoms with Crippen LogP contribution in [0.2, 0.25) is 0 Å². The van der Waals surface area contributed by atoms with E-state index < -0.39 is 12.2 Å². The van der Waals surface area contributed by atoms with Gasteiger partial charge in [0.25, 0.3) is 0 Å². The van der Waals surface area contributed by atoms with Crippen LogP contribution in [0.15, 0.2) is 0 Å². The maximum absolute atomic E-state index is 11.9. The molecule has 1 saturated heterocycles. The van der Waals surface area contributed by atoms with E-state index >= 15 is 0 Å². The molecule has 1 aliphatic heterocycles. The Bertz CT molecular complexity index is 141. The number of alkyl halides is 3. The normalized spacial score (nSPS) is 30.0. The van der Waals surface area contributed by atoms with E-state index in [4.69, 9.17) is 5.11 Å². The van der Waals surface area contributed by atoms with Gasteiger partial charge in [-0.1, -0.05) is 0 Å². The van der Waals surface area contributed by atoms with Crippen LogP contribution < -0.4 is 5.32 Å². The molecule has 1 fully saturated rings. The van der Waals surface area contributed by atoms with Crippen LogP contribution in [0.4, 0.5) is 13.2 Å². The molecule has 0 aromatic heterocycles. The number of nitrogens with one attached hydrogen (secondary N) is 1. The van der Waals surface area contributed by atoms with Crippen molar-refractivity contribution in [1.29, 1.82) is 0 Å². The lowest BCUT2D eigenvalue weighted by molar-refractivity contribution is -0.152. The number of aliphatic hydroxyl groups excluding tert-OH is 1. The third kappa shape index (κ3) is 2.80. The van der Waals surface area contributed by atoms with Crippen LogP contribution in [0.1, 0.15) is 12.8 Å². The van der Waals surface area contributed by atoms with Crippen LogP contribution in [-0.2, 0) is 0 Å². The number of rotatable bonds is 1. The molecular formula is C6H11ClF3NO. The SMILES string of the molecule is Cl.OC[C@@H]1CC[C@H](C(F)(F)F)N1. The van der Waals surface area contributed by atoms with E-state index in [0.717, 1.165) is 0 Å². The topological polar surface area (TPSA) is 32.3 Å². The quantitative estimate of drug-likeness (QED) is 0.672. The Morgan fingerprint density at radius 3 is 2.17 bits per heavy atom. The van der Waals surface area contributed by atoms with Crippen molar-refractivity contribution in [3.63, 3.8) is 0 Å². The molecule has 6 heteroatoms. The Morgan fingerprint density at radius 1 is 1.33 bits per heavy atom. The number of hydrogen-bond acceptors (Lipinski definition) is 2. The first-order valence-corrected chi connectivity index (χ1v) is 3.47. The fourth-order valence-corrected chi connectivity index (χ4v) is 1.22. The van der Waals surface area contributed by atoms with Crippen molar-refractivity contribution in [1.82, 2.24) is 5.32 Å². The summed E-state index contributed by atoms with van der Waals surface area (Å²) in [4.78, 5) is 0. The molecule has 2 N–H and O–H groups in total. The van der Waals surface area contributed by atoms with E-state index in [1.54, 1.807) is 0 Å². The fraction of sp³-hybridized carbons (Fsp3) is 1.00. The summed E-state index contributed by atoms with van der Waals surface area (Å²) in [6, 6.07) is -1.79.